The van der Waals surface area contributed by atoms with Crippen LogP contribution in [0.2, 0.25) is 0 Å². The molecule has 0 unspecified atom stereocenters. The van der Waals surface area contributed by atoms with Crippen LogP contribution in [0.3, 0.4) is 0 Å². The Kier molecular flexibility index (Phi) is 5.67. The summed E-state index contributed by atoms with van der Waals surface area (Å²) in [7, 11) is 0. The summed E-state index contributed by atoms with van der Waals surface area (Å²) in [4.78, 5) is 0. The van der Waals surface area contributed by atoms with E-state index in [0.29, 0.717) is 0 Å². The SMILES string of the molecule is C1=C(c2ccc3c(c2)c2ccccc2n3-c2ccc(-c3ccccc3)cc2)CCc2c1n(-c1ccccc1)c1ccccc21. The number of hydrogen-bond acceptors (Lipinski definition) is 0. The zero-order valence-corrected chi connectivity index (χ0v) is 24.3. The molecule has 1 aliphatic rings. The maximum absolute atomic E-state index is 2.44. The molecule has 8 aromatic rings. The van der Waals surface area contributed by atoms with Crippen molar-refractivity contribution in [2.24, 2.45) is 0 Å². The van der Waals surface area contributed by atoms with E-state index in [-0.39, 0.29) is 0 Å². The first kappa shape index (κ1) is 24.9. The molecule has 2 nitrogen and oxygen atoms in total. The fraction of sp³-hybridized carbons (Fsp3) is 0.0476. The molecule has 2 aromatic heterocycles. The first-order valence-electron chi connectivity index (χ1n) is 15.4. The smallest absolute Gasteiger partial charge is 0.0541 e. The number of nitrogens with zero attached hydrogens (tertiary/aromatic N) is 2. The molecule has 0 bridgehead atoms. The molecule has 0 fully saturated rings. The molecule has 0 saturated heterocycles. The Morgan fingerprint density at radius 1 is 0.386 bits per heavy atom. The lowest BCUT2D eigenvalue weighted by Gasteiger charge is -2.17. The number of allylic oxidation sites excluding steroid dienone is 1. The second-order valence-electron chi connectivity index (χ2n) is 11.7. The van der Waals surface area contributed by atoms with Crippen LogP contribution >= 0.6 is 0 Å². The minimum Gasteiger partial charge on any atom is -0.310 e. The molecule has 0 spiro atoms. The highest BCUT2D eigenvalue weighted by Gasteiger charge is 2.22. The fourth-order valence-electron chi connectivity index (χ4n) is 7.21. The summed E-state index contributed by atoms with van der Waals surface area (Å²) in [6.07, 6.45) is 4.50. The Balaban J connectivity index is 1.19. The van der Waals surface area contributed by atoms with Crippen LogP contribution in [0.25, 0.3) is 66.9 Å². The van der Waals surface area contributed by atoms with Crippen LogP contribution in [0, 0.1) is 0 Å². The zero-order valence-electron chi connectivity index (χ0n) is 24.3. The summed E-state index contributed by atoms with van der Waals surface area (Å²) >= 11 is 0. The van der Waals surface area contributed by atoms with Crippen LogP contribution < -0.4 is 0 Å². The van der Waals surface area contributed by atoms with E-state index in [1.54, 1.807) is 0 Å². The number of benzene rings is 6. The van der Waals surface area contributed by atoms with E-state index in [1.807, 2.05) is 0 Å². The monoisotopic (exact) mass is 562 g/mol. The van der Waals surface area contributed by atoms with Crippen molar-refractivity contribution >= 4 is 44.4 Å². The second kappa shape index (κ2) is 10.00. The summed E-state index contributed by atoms with van der Waals surface area (Å²) in [6, 6.07) is 55.0. The highest BCUT2D eigenvalue weighted by atomic mass is 15.0. The third-order valence-electron chi connectivity index (χ3n) is 9.27. The number of hydrogen-bond donors (Lipinski definition) is 0. The van der Waals surface area contributed by atoms with E-state index in [2.05, 4.69) is 167 Å². The largest absolute Gasteiger partial charge is 0.310 e. The molecule has 0 aliphatic heterocycles. The van der Waals surface area contributed by atoms with Gasteiger partial charge in [0, 0.05) is 27.5 Å². The second-order valence-corrected chi connectivity index (χ2v) is 11.7. The summed E-state index contributed by atoms with van der Waals surface area (Å²) in [5, 5.41) is 3.94. The van der Waals surface area contributed by atoms with E-state index in [9.17, 15) is 0 Å². The number of rotatable bonds is 4. The lowest BCUT2D eigenvalue weighted by Crippen LogP contribution is -2.03. The van der Waals surface area contributed by atoms with E-state index in [4.69, 9.17) is 0 Å². The quantitative estimate of drug-likeness (QED) is 0.202. The van der Waals surface area contributed by atoms with Crippen LogP contribution in [0.15, 0.2) is 152 Å². The minimum absolute atomic E-state index is 1.03. The number of para-hydroxylation sites is 3. The van der Waals surface area contributed by atoms with Gasteiger partial charge in [-0.25, -0.2) is 0 Å². The molecule has 0 amide bonds. The average molecular weight is 563 g/mol. The Morgan fingerprint density at radius 2 is 0.955 bits per heavy atom. The molecule has 1 aliphatic carbocycles. The Hall–Kier alpha value is -5.60. The molecule has 0 N–H and O–H groups in total. The maximum Gasteiger partial charge on any atom is 0.0541 e. The number of aromatic nitrogens is 2. The van der Waals surface area contributed by atoms with Crippen LogP contribution in [0.4, 0.5) is 0 Å². The van der Waals surface area contributed by atoms with Crippen LogP contribution in [-0.4, -0.2) is 9.13 Å². The van der Waals surface area contributed by atoms with Crippen molar-refractivity contribution in [3.05, 3.63) is 168 Å². The molecule has 0 radical (unpaired) electrons. The fourth-order valence-corrected chi connectivity index (χ4v) is 7.21. The van der Waals surface area contributed by atoms with Crippen LogP contribution in [0.5, 0.6) is 0 Å². The van der Waals surface area contributed by atoms with Gasteiger partial charge >= 0.3 is 0 Å². The van der Waals surface area contributed by atoms with Gasteiger partial charge < -0.3 is 9.13 Å². The van der Waals surface area contributed by atoms with E-state index in [0.717, 1.165) is 12.8 Å². The molecule has 6 aromatic carbocycles. The van der Waals surface area contributed by atoms with Gasteiger partial charge in [-0.05, 0) is 95.3 Å². The predicted octanol–water partition coefficient (Wildman–Crippen LogP) is 10.9. The summed E-state index contributed by atoms with van der Waals surface area (Å²) < 4.78 is 4.84. The molecule has 208 valence electrons. The van der Waals surface area contributed by atoms with E-state index in [1.165, 1.54) is 77.6 Å². The van der Waals surface area contributed by atoms with Gasteiger partial charge in [0.15, 0.2) is 0 Å². The normalized spacial score (nSPS) is 13.0. The van der Waals surface area contributed by atoms with E-state index < -0.39 is 0 Å². The van der Waals surface area contributed by atoms with E-state index >= 15 is 0 Å². The Labute approximate surface area is 256 Å². The molecule has 44 heavy (non-hydrogen) atoms. The van der Waals surface area contributed by atoms with Gasteiger partial charge in [-0.3, -0.25) is 0 Å². The molecule has 0 saturated carbocycles. The van der Waals surface area contributed by atoms with Gasteiger partial charge in [0.2, 0.25) is 0 Å². The first-order chi connectivity index (χ1) is 21.8. The molecular weight excluding hydrogens is 532 g/mol. The van der Waals surface area contributed by atoms with Gasteiger partial charge in [-0.15, -0.1) is 0 Å². The van der Waals surface area contributed by atoms with Crippen molar-refractivity contribution < 1.29 is 0 Å². The van der Waals surface area contributed by atoms with Crippen molar-refractivity contribution in [3.63, 3.8) is 0 Å². The lowest BCUT2D eigenvalue weighted by atomic mass is 9.90. The van der Waals surface area contributed by atoms with Crippen LogP contribution in [0.1, 0.15) is 23.2 Å². The van der Waals surface area contributed by atoms with Gasteiger partial charge in [-0.1, -0.05) is 103 Å². The average Bonchev–Trinajstić information content (AvgIpc) is 3.61. The lowest BCUT2D eigenvalue weighted by molar-refractivity contribution is 0.981. The maximum atomic E-state index is 2.44. The third-order valence-corrected chi connectivity index (χ3v) is 9.27. The zero-order chi connectivity index (χ0) is 29.0. The molecule has 0 atom stereocenters. The van der Waals surface area contributed by atoms with Crippen molar-refractivity contribution in [3.8, 4) is 22.5 Å². The molecule has 2 heterocycles. The van der Waals surface area contributed by atoms with Gasteiger partial charge in [-0.2, -0.15) is 0 Å². The number of fused-ring (bicyclic) bond motifs is 6. The Morgan fingerprint density at radius 3 is 1.73 bits per heavy atom. The number of aryl methyl sites for hydroxylation is 1. The Bertz CT molecular complexity index is 2350. The van der Waals surface area contributed by atoms with Gasteiger partial charge in [0.1, 0.15) is 0 Å². The van der Waals surface area contributed by atoms with Crippen molar-refractivity contribution in [1.82, 2.24) is 9.13 Å². The predicted molar refractivity (Wildman–Crippen MR) is 186 cm³/mol. The molecule has 2 heteroatoms. The minimum atomic E-state index is 1.03. The molecular formula is C42H30N2. The van der Waals surface area contributed by atoms with Gasteiger partial charge in [0.25, 0.3) is 0 Å². The van der Waals surface area contributed by atoms with Crippen molar-refractivity contribution in [1.29, 1.82) is 0 Å². The van der Waals surface area contributed by atoms with Crippen molar-refractivity contribution in [2.75, 3.05) is 0 Å². The molecule has 9 rings (SSSR count). The van der Waals surface area contributed by atoms with Crippen LogP contribution in [-0.2, 0) is 6.42 Å². The van der Waals surface area contributed by atoms with Gasteiger partial charge in [0.05, 0.1) is 22.2 Å². The third kappa shape index (κ3) is 3.88. The standard InChI is InChI=1S/C42H30N2/c1-3-11-29(12-4-1)30-19-23-34(24-20-30)43-40-18-10-8-16-36(40)38-27-31(22-26-41(38)43)32-21-25-37-35-15-7-9-17-39(35)44(42(37)28-32)33-13-5-2-6-14-33/h1-20,22-24,26-28H,21,25H2. The summed E-state index contributed by atoms with van der Waals surface area (Å²) in [5.41, 5.74) is 14.0. The highest BCUT2D eigenvalue weighted by Crippen LogP contribution is 2.40. The topological polar surface area (TPSA) is 9.86 Å². The summed E-state index contributed by atoms with van der Waals surface area (Å²) in [5.74, 6) is 0. The highest BCUT2D eigenvalue weighted by molar-refractivity contribution is 6.10. The summed E-state index contributed by atoms with van der Waals surface area (Å²) in [6.45, 7) is 0. The first-order valence-corrected chi connectivity index (χ1v) is 15.4. The van der Waals surface area contributed by atoms with Crippen molar-refractivity contribution in [2.45, 2.75) is 12.8 Å².